The van der Waals surface area contributed by atoms with Gasteiger partial charge in [-0.05, 0) is 42.4 Å². The minimum Gasteiger partial charge on any atom is -0.184 e. The van der Waals surface area contributed by atoms with Crippen molar-refractivity contribution in [2.24, 2.45) is 0 Å². The van der Waals surface area contributed by atoms with E-state index < -0.39 is 10.0 Å². The number of benzene rings is 2. The van der Waals surface area contributed by atoms with E-state index in [1.54, 1.807) is 9.79 Å². The van der Waals surface area contributed by atoms with Gasteiger partial charge in [-0.2, -0.15) is 10.0 Å². The topological polar surface area (TPSA) is 0 Å². The summed E-state index contributed by atoms with van der Waals surface area (Å²) in [4.78, 5) is 3.18. The monoisotopic (exact) mass is 284 g/mol. The van der Waals surface area contributed by atoms with Crippen LogP contribution in [0.5, 0.6) is 0 Å². The largest absolute Gasteiger partial charge is 0.184 e. The van der Waals surface area contributed by atoms with Crippen LogP contribution in [0.2, 0.25) is 0 Å². The van der Waals surface area contributed by atoms with Crippen LogP contribution in [0.1, 0.15) is 33.6 Å². The first kappa shape index (κ1) is 13.8. The van der Waals surface area contributed by atoms with Gasteiger partial charge in [-0.25, -0.2) is 0 Å². The van der Waals surface area contributed by atoms with Crippen LogP contribution in [0, 0.1) is 0 Å². The van der Waals surface area contributed by atoms with E-state index >= 15 is 0 Å². The van der Waals surface area contributed by atoms with Crippen molar-refractivity contribution in [2.75, 3.05) is 6.26 Å². The molecule has 20 heavy (non-hydrogen) atoms. The Morgan fingerprint density at radius 1 is 0.800 bits per heavy atom. The van der Waals surface area contributed by atoms with E-state index in [0.717, 1.165) is 0 Å². The van der Waals surface area contributed by atoms with Gasteiger partial charge in [0.2, 0.25) is 0 Å². The zero-order chi connectivity index (χ0) is 14.4. The lowest BCUT2D eigenvalue weighted by atomic mass is 10.1. The van der Waals surface area contributed by atoms with E-state index in [-0.39, 0.29) is 0 Å². The Labute approximate surface area is 124 Å². The Bertz CT molecular complexity index is 592. The molecular formula is C19H24S. The molecule has 1 aliphatic heterocycles. The Morgan fingerprint density at radius 3 is 1.60 bits per heavy atom. The summed E-state index contributed by atoms with van der Waals surface area (Å²) in [7, 11) is -0.963. The SMILES string of the molecule is CCC(C)(CC)S1(C)c2ccccc2-c2ccccc21. The molecule has 1 heteroatoms. The normalized spacial score (nSPS) is 17.4. The van der Waals surface area contributed by atoms with E-state index in [1.165, 1.54) is 24.0 Å². The molecule has 0 unspecified atom stereocenters. The standard InChI is InChI=1S/C19H24S/c1-5-19(3,6-2)20(4)17-13-9-7-11-15(17)16-12-8-10-14-18(16)20/h7-14H,5-6H2,1-4H3. The van der Waals surface area contributed by atoms with E-state index in [4.69, 9.17) is 0 Å². The van der Waals surface area contributed by atoms with Gasteiger partial charge in [0.05, 0.1) is 0 Å². The zero-order valence-corrected chi connectivity index (χ0v) is 13.8. The lowest BCUT2D eigenvalue weighted by Crippen LogP contribution is -2.29. The van der Waals surface area contributed by atoms with Crippen LogP contribution < -0.4 is 0 Å². The van der Waals surface area contributed by atoms with E-state index in [0.29, 0.717) is 4.75 Å². The predicted octanol–water partition coefficient (Wildman–Crippen LogP) is 6.10. The molecule has 0 aromatic heterocycles. The molecule has 0 radical (unpaired) electrons. The summed E-state index contributed by atoms with van der Waals surface area (Å²) < 4.78 is 0.371. The van der Waals surface area contributed by atoms with Gasteiger partial charge in [0.15, 0.2) is 0 Å². The Balaban J connectivity index is 2.36. The average Bonchev–Trinajstić information content (AvgIpc) is 2.78. The maximum atomic E-state index is 2.53. The highest BCUT2D eigenvalue weighted by atomic mass is 32.3. The number of hydrogen-bond donors (Lipinski definition) is 0. The van der Waals surface area contributed by atoms with Crippen molar-refractivity contribution in [1.82, 2.24) is 0 Å². The minimum atomic E-state index is -0.963. The van der Waals surface area contributed by atoms with Crippen molar-refractivity contribution in [3.05, 3.63) is 48.5 Å². The van der Waals surface area contributed by atoms with Crippen LogP contribution in [0.3, 0.4) is 0 Å². The zero-order valence-electron chi connectivity index (χ0n) is 12.9. The number of fused-ring (bicyclic) bond motifs is 3. The summed E-state index contributed by atoms with van der Waals surface area (Å²) in [6.45, 7) is 7.19. The van der Waals surface area contributed by atoms with Gasteiger partial charge < -0.3 is 0 Å². The van der Waals surface area contributed by atoms with Gasteiger partial charge in [-0.3, -0.25) is 0 Å². The second-order valence-electron chi connectivity index (χ2n) is 6.07. The molecule has 1 heterocycles. The van der Waals surface area contributed by atoms with Crippen molar-refractivity contribution in [1.29, 1.82) is 0 Å². The highest BCUT2D eigenvalue weighted by Gasteiger charge is 2.45. The van der Waals surface area contributed by atoms with Gasteiger partial charge in [0, 0.05) is 14.5 Å². The number of rotatable bonds is 3. The van der Waals surface area contributed by atoms with Gasteiger partial charge in [-0.1, -0.05) is 57.2 Å². The minimum absolute atomic E-state index is 0.371. The van der Waals surface area contributed by atoms with E-state index in [9.17, 15) is 0 Å². The molecule has 0 spiro atoms. The molecule has 0 nitrogen and oxygen atoms in total. The third kappa shape index (κ3) is 1.56. The smallest absolute Gasteiger partial charge is 0.00438 e. The fraction of sp³-hybridized carbons (Fsp3) is 0.368. The van der Waals surface area contributed by atoms with Crippen molar-refractivity contribution >= 4 is 10.0 Å². The summed E-state index contributed by atoms with van der Waals surface area (Å²) in [5.41, 5.74) is 2.93. The maximum absolute atomic E-state index is 2.53. The first-order valence-corrected chi connectivity index (χ1v) is 9.59. The van der Waals surface area contributed by atoms with Crippen LogP contribution >= 0.6 is 10.0 Å². The lowest BCUT2D eigenvalue weighted by Gasteiger charge is -2.50. The van der Waals surface area contributed by atoms with E-state index in [2.05, 4.69) is 75.6 Å². The molecule has 106 valence electrons. The summed E-state index contributed by atoms with van der Waals surface area (Å²) in [6, 6.07) is 18.1. The summed E-state index contributed by atoms with van der Waals surface area (Å²) in [6.07, 6.45) is 5.00. The highest BCUT2D eigenvalue weighted by molar-refractivity contribution is 8.34. The molecule has 0 aliphatic carbocycles. The molecule has 0 amide bonds. The van der Waals surface area contributed by atoms with Crippen molar-refractivity contribution in [2.45, 2.75) is 48.2 Å². The predicted molar refractivity (Wildman–Crippen MR) is 90.9 cm³/mol. The van der Waals surface area contributed by atoms with Gasteiger partial charge >= 0.3 is 0 Å². The molecule has 3 rings (SSSR count). The fourth-order valence-corrected chi connectivity index (χ4v) is 7.96. The fourth-order valence-electron chi connectivity index (χ4n) is 3.57. The summed E-state index contributed by atoms with van der Waals surface area (Å²) in [5, 5.41) is 0. The molecule has 0 N–H and O–H groups in total. The second-order valence-corrected chi connectivity index (χ2v) is 9.77. The van der Waals surface area contributed by atoms with Crippen LogP contribution in [0.15, 0.2) is 58.3 Å². The Morgan fingerprint density at radius 2 is 1.20 bits per heavy atom. The molecule has 0 fully saturated rings. The maximum Gasteiger partial charge on any atom is 0.00438 e. The van der Waals surface area contributed by atoms with Crippen molar-refractivity contribution in [3.63, 3.8) is 0 Å². The van der Waals surface area contributed by atoms with Crippen LogP contribution in [0.25, 0.3) is 11.1 Å². The van der Waals surface area contributed by atoms with Crippen molar-refractivity contribution in [3.8, 4) is 11.1 Å². The van der Waals surface area contributed by atoms with Gasteiger partial charge in [-0.15, -0.1) is 0 Å². The van der Waals surface area contributed by atoms with Crippen LogP contribution in [0.4, 0.5) is 0 Å². The summed E-state index contributed by atoms with van der Waals surface area (Å²) >= 11 is 0. The third-order valence-corrected chi connectivity index (χ3v) is 10.4. The Kier molecular flexibility index (Phi) is 3.21. The average molecular weight is 284 g/mol. The first-order valence-electron chi connectivity index (χ1n) is 7.55. The molecule has 0 saturated heterocycles. The first-order chi connectivity index (χ1) is 9.58. The highest BCUT2D eigenvalue weighted by Crippen LogP contribution is 2.76. The van der Waals surface area contributed by atoms with Gasteiger partial charge in [0.1, 0.15) is 0 Å². The molecule has 0 atom stereocenters. The molecule has 2 aromatic carbocycles. The number of hydrogen-bond acceptors (Lipinski definition) is 0. The third-order valence-electron chi connectivity index (χ3n) is 5.43. The molecular weight excluding hydrogens is 260 g/mol. The molecule has 1 aliphatic rings. The Hall–Kier alpha value is -1.21. The van der Waals surface area contributed by atoms with Crippen LogP contribution in [-0.4, -0.2) is 11.0 Å². The molecule has 0 bridgehead atoms. The second kappa shape index (κ2) is 4.66. The van der Waals surface area contributed by atoms with Crippen molar-refractivity contribution < 1.29 is 0 Å². The summed E-state index contributed by atoms with van der Waals surface area (Å²) in [5.74, 6) is 0. The molecule has 0 saturated carbocycles. The quantitative estimate of drug-likeness (QED) is 0.639. The van der Waals surface area contributed by atoms with Gasteiger partial charge in [0.25, 0.3) is 0 Å². The van der Waals surface area contributed by atoms with Crippen LogP contribution in [-0.2, 0) is 0 Å². The van der Waals surface area contributed by atoms with E-state index in [1.807, 2.05) is 0 Å². The lowest BCUT2D eigenvalue weighted by molar-refractivity contribution is 0.588. The molecule has 2 aromatic rings.